The summed E-state index contributed by atoms with van der Waals surface area (Å²) in [6, 6.07) is 10.9. The Morgan fingerprint density at radius 3 is 2.22 bits per heavy atom. The van der Waals surface area contributed by atoms with Crippen molar-refractivity contribution in [3.05, 3.63) is 63.1 Å². The molecule has 2 aromatic rings. The molecule has 0 saturated heterocycles. The van der Waals surface area contributed by atoms with Crippen LogP contribution in [0.2, 0.25) is 0 Å². The van der Waals surface area contributed by atoms with E-state index in [1.807, 2.05) is 39.0 Å². The van der Waals surface area contributed by atoms with Crippen LogP contribution in [0, 0.1) is 20.8 Å². The maximum atomic E-state index is 12.0. The second kappa shape index (κ2) is 9.32. The lowest BCUT2D eigenvalue weighted by Gasteiger charge is -2.10. The molecule has 2 aromatic carbocycles. The largest absolute Gasteiger partial charge is 0.326 e. The van der Waals surface area contributed by atoms with Gasteiger partial charge >= 0.3 is 0 Å². The van der Waals surface area contributed by atoms with Crippen molar-refractivity contribution in [1.29, 1.82) is 0 Å². The van der Waals surface area contributed by atoms with Crippen molar-refractivity contribution in [2.24, 2.45) is 0 Å². The predicted molar refractivity (Wildman–Crippen MR) is 108 cm³/mol. The van der Waals surface area contributed by atoms with Gasteiger partial charge in [0, 0.05) is 28.6 Å². The molecule has 7 heteroatoms. The average molecular weight is 432 g/mol. The Bertz CT molecular complexity index is 881. The van der Waals surface area contributed by atoms with Gasteiger partial charge in [0.05, 0.1) is 0 Å². The minimum absolute atomic E-state index is 0.0189. The van der Waals surface area contributed by atoms with E-state index in [1.165, 1.54) is 0 Å². The van der Waals surface area contributed by atoms with Gasteiger partial charge in [0.1, 0.15) is 0 Å². The van der Waals surface area contributed by atoms with Gasteiger partial charge in [-0.3, -0.25) is 25.2 Å². The fourth-order valence-corrected chi connectivity index (χ4v) is 2.77. The van der Waals surface area contributed by atoms with Crippen molar-refractivity contribution < 1.29 is 14.4 Å². The Hall–Kier alpha value is -2.67. The smallest absolute Gasteiger partial charge is 0.269 e. The van der Waals surface area contributed by atoms with E-state index >= 15 is 0 Å². The topological polar surface area (TPSA) is 87.3 Å². The number of rotatable bonds is 5. The molecule has 0 aliphatic heterocycles. The molecule has 142 valence electrons. The quantitative estimate of drug-likeness (QED) is 0.632. The number of amides is 3. The van der Waals surface area contributed by atoms with Crippen LogP contribution in [0.1, 0.15) is 39.9 Å². The molecule has 6 nitrogen and oxygen atoms in total. The normalized spacial score (nSPS) is 10.2. The highest BCUT2D eigenvalue weighted by Gasteiger charge is 2.11. The highest BCUT2D eigenvalue weighted by molar-refractivity contribution is 9.10. The molecule has 0 bridgehead atoms. The Morgan fingerprint density at radius 2 is 1.56 bits per heavy atom. The highest BCUT2D eigenvalue weighted by atomic mass is 79.9. The monoisotopic (exact) mass is 431 g/mol. The van der Waals surface area contributed by atoms with E-state index < -0.39 is 11.8 Å². The fourth-order valence-electron chi connectivity index (χ4n) is 2.39. The Kier molecular flexibility index (Phi) is 7.12. The number of hydrogen-bond acceptors (Lipinski definition) is 3. The number of hydrogen-bond donors (Lipinski definition) is 3. The van der Waals surface area contributed by atoms with Crippen LogP contribution in [0.4, 0.5) is 5.69 Å². The Morgan fingerprint density at radius 1 is 0.852 bits per heavy atom. The van der Waals surface area contributed by atoms with Gasteiger partial charge in [-0.25, -0.2) is 0 Å². The maximum absolute atomic E-state index is 12.0. The molecule has 3 N–H and O–H groups in total. The lowest BCUT2D eigenvalue weighted by atomic mass is 10.1. The van der Waals surface area contributed by atoms with Crippen LogP contribution in [0.25, 0.3) is 0 Å². The number of carbonyl (C=O) groups excluding carboxylic acids is 3. The molecule has 3 amide bonds. The van der Waals surface area contributed by atoms with Crippen molar-refractivity contribution in [2.75, 3.05) is 5.32 Å². The molecule has 0 unspecified atom stereocenters. The third-order valence-corrected chi connectivity index (χ3v) is 4.84. The minimum Gasteiger partial charge on any atom is -0.326 e. The van der Waals surface area contributed by atoms with Gasteiger partial charge < -0.3 is 5.32 Å². The van der Waals surface area contributed by atoms with Crippen LogP contribution in [-0.2, 0) is 9.59 Å². The molecule has 27 heavy (non-hydrogen) atoms. The molecule has 2 rings (SSSR count). The van der Waals surface area contributed by atoms with Crippen LogP contribution in [0.5, 0.6) is 0 Å². The highest BCUT2D eigenvalue weighted by Crippen LogP contribution is 2.17. The first-order chi connectivity index (χ1) is 12.8. The second-order valence-corrected chi connectivity index (χ2v) is 7.19. The Balaban J connectivity index is 1.77. The van der Waals surface area contributed by atoms with E-state index in [9.17, 15) is 14.4 Å². The van der Waals surface area contributed by atoms with Crippen LogP contribution in [-0.4, -0.2) is 17.7 Å². The lowest BCUT2D eigenvalue weighted by molar-refractivity contribution is -0.124. The summed E-state index contributed by atoms with van der Waals surface area (Å²) in [5, 5.41) is 2.78. The minimum atomic E-state index is -0.440. The summed E-state index contributed by atoms with van der Waals surface area (Å²) in [7, 11) is 0. The first-order valence-electron chi connectivity index (χ1n) is 8.48. The summed E-state index contributed by atoms with van der Waals surface area (Å²) in [5.41, 5.74) is 8.89. The fraction of sp³-hybridized carbons (Fsp3) is 0.250. The van der Waals surface area contributed by atoms with Gasteiger partial charge in [0.25, 0.3) is 5.91 Å². The summed E-state index contributed by atoms with van der Waals surface area (Å²) in [6.45, 7) is 5.80. The molecule has 0 atom stereocenters. The Labute approximate surface area is 166 Å². The number of hydrazine groups is 1. The molecule has 0 saturated carbocycles. The van der Waals surface area contributed by atoms with Crippen molar-refractivity contribution in [2.45, 2.75) is 33.6 Å². The van der Waals surface area contributed by atoms with Gasteiger partial charge in [-0.15, -0.1) is 0 Å². The zero-order valence-corrected chi connectivity index (χ0v) is 17.1. The molecule has 0 heterocycles. The molecular weight excluding hydrogens is 410 g/mol. The van der Waals surface area contributed by atoms with Gasteiger partial charge in [0.2, 0.25) is 11.8 Å². The number of carbonyl (C=O) groups is 3. The summed E-state index contributed by atoms with van der Waals surface area (Å²) >= 11 is 3.36. The number of anilines is 1. The van der Waals surface area contributed by atoms with Crippen LogP contribution >= 0.6 is 15.9 Å². The third kappa shape index (κ3) is 6.21. The average Bonchev–Trinajstić information content (AvgIpc) is 2.62. The molecule has 0 aliphatic carbocycles. The zero-order valence-electron chi connectivity index (χ0n) is 15.5. The first kappa shape index (κ1) is 20.6. The predicted octanol–water partition coefficient (Wildman–Crippen LogP) is 3.55. The van der Waals surface area contributed by atoms with Crippen molar-refractivity contribution in [1.82, 2.24) is 10.9 Å². The van der Waals surface area contributed by atoms with Crippen molar-refractivity contribution in [3.8, 4) is 0 Å². The lowest BCUT2D eigenvalue weighted by Crippen LogP contribution is -2.41. The number of nitrogens with one attached hydrogen (secondary N) is 3. The van der Waals surface area contributed by atoms with Gasteiger partial charge in [-0.05, 0) is 50.1 Å². The summed E-state index contributed by atoms with van der Waals surface area (Å²) in [5.74, 6) is -1.13. The van der Waals surface area contributed by atoms with Crippen LogP contribution in [0.15, 0.2) is 40.9 Å². The number of aryl methyl sites for hydroxylation is 3. The molecular formula is C20H22BrN3O3. The van der Waals surface area contributed by atoms with Gasteiger partial charge in [-0.2, -0.15) is 0 Å². The summed E-state index contributed by atoms with van der Waals surface area (Å²) < 4.78 is 0.810. The van der Waals surface area contributed by atoms with E-state index in [0.29, 0.717) is 5.56 Å². The van der Waals surface area contributed by atoms with Crippen LogP contribution in [0.3, 0.4) is 0 Å². The second-order valence-electron chi connectivity index (χ2n) is 6.33. The number of halogens is 1. The third-order valence-electron chi connectivity index (χ3n) is 3.98. The molecule has 0 fully saturated rings. The van der Waals surface area contributed by atoms with E-state index in [0.717, 1.165) is 26.9 Å². The molecule has 0 radical (unpaired) electrons. The van der Waals surface area contributed by atoms with E-state index in [4.69, 9.17) is 0 Å². The van der Waals surface area contributed by atoms with Crippen molar-refractivity contribution in [3.63, 3.8) is 0 Å². The maximum Gasteiger partial charge on any atom is 0.269 e. The number of benzene rings is 2. The molecule has 0 aromatic heterocycles. The van der Waals surface area contributed by atoms with Crippen LogP contribution < -0.4 is 16.2 Å². The zero-order chi connectivity index (χ0) is 20.0. The van der Waals surface area contributed by atoms with E-state index in [2.05, 4.69) is 32.1 Å². The first-order valence-corrected chi connectivity index (χ1v) is 9.28. The van der Waals surface area contributed by atoms with E-state index in [-0.39, 0.29) is 18.7 Å². The molecule has 0 spiro atoms. The summed E-state index contributed by atoms with van der Waals surface area (Å²) in [6.07, 6.45) is -0.0142. The van der Waals surface area contributed by atoms with Gasteiger partial charge in [0.15, 0.2) is 0 Å². The SMILES string of the molecule is Cc1ccc(NC(=O)CCC(=O)NNC(=O)c2ccc(C)c(Br)c2)c(C)c1. The van der Waals surface area contributed by atoms with Crippen molar-refractivity contribution >= 4 is 39.3 Å². The molecule has 0 aliphatic rings. The standard InChI is InChI=1S/C20H22BrN3O3/c1-12-4-7-17(14(3)10-12)22-18(25)8-9-19(26)23-24-20(27)15-6-5-13(2)16(21)11-15/h4-7,10-11H,8-9H2,1-3H3,(H,22,25)(H,23,26)(H,24,27). The summed E-state index contributed by atoms with van der Waals surface area (Å²) in [4.78, 5) is 35.9. The van der Waals surface area contributed by atoms with E-state index in [1.54, 1.807) is 18.2 Å². The van der Waals surface area contributed by atoms with Gasteiger partial charge in [-0.1, -0.05) is 39.7 Å².